The molecule has 8 nitrogen and oxygen atoms in total. The van der Waals surface area contributed by atoms with Gasteiger partial charge in [0.1, 0.15) is 23.9 Å². The summed E-state index contributed by atoms with van der Waals surface area (Å²) in [6.07, 6.45) is 0.298. The molecule has 0 aromatic rings. The topological polar surface area (TPSA) is 108 Å². The van der Waals surface area contributed by atoms with Crippen LogP contribution < -0.4 is 0 Å². The van der Waals surface area contributed by atoms with Gasteiger partial charge in [-0.15, -0.1) is 0 Å². The van der Waals surface area contributed by atoms with Crippen LogP contribution in [0.1, 0.15) is 47.0 Å². The van der Waals surface area contributed by atoms with Gasteiger partial charge in [0, 0.05) is 38.2 Å². The van der Waals surface area contributed by atoms with Crippen LogP contribution in [0.2, 0.25) is 0 Å². The van der Waals surface area contributed by atoms with E-state index < -0.39 is 47.7 Å². The van der Waals surface area contributed by atoms with Crippen molar-refractivity contribution in [1.29, 1.82) is 0 Å². The first-order valence-corrected chi connectivity index (χ1v) is 8.79. The molecule has 1 aliphatic heterocycles. The Morgan fingerprint density at radius 2 is 1.89 bits per heavy atom. The summed E-state index contributed by atoms with van der Waals surface area (Å²) in [6.45, 7) is 9.78. The maximum atomic E-state index is 12.0. The van der Waals surface area contributed by atoms with Crippen LogP contribution in [0.4, 0.5) is 0 Å². The van der Waals surface area contributed by atoms with Gasteiger partial charge in [-0.25, -0.2) is 9.68 Å². The van der Waals surface area contributed by atoms with Gasteiger partial charge in [0.05, 0.1) is 0 Å². The molecule has 150 valence electrons. The molecule has 8 heteroatoms. The minimum atomic E-state index is -1.13. The van der Waals surface area contributed by atoms with E-state index in [1.165, 1.54) is 13.8 Å². The van der Waals surface area contributed by atoms with Crippen LogP contribution in [0.3, 0.4) is 0 Å². The molecule has 27 heavy (non-hydrogen) atoms. The van der Waals surface area contributed by atoms with Gasteiger partial charge in [0.25, 0.3) is 0 Å². The summed E-state index contributed by atoms with van der Waals surface area (Å²) >= 11 is 0. The van der Waals surface area contributed by atoms with Gasteiger partial charge < -0.3 is 14.2 Å². The van der Waals surface area contributed by atoms with E-state index in [2.05, 4.69) is 6.58 Å². The number of fused-ring (bicyclic) bond motifs is 1. The third-order valence-electron chi connectivity index (χ3n) is 4.95. The lowest BCUT2D eigenvalue weighted by Gasteiger charge is -2.34. The van der Waals surface area contributed by atoms with Crippen molar-refractivity contribution in [3.8, 4) is 0 Å². The Hall–Kier alpha value is -2.19. The monoisotopic (exact) mass is 382 g/mol. The number of esters is 3. The molecule has 1 heterocycles. The second-order valence-corrected chi connectivity index (χ2v) is 7.42. The molecule has 1 fully saturated rings. The molecule has 5 atom stereocenters. The molecule has 1 N–H and O–H groups in total. The average Bonchev–Trinajstić information content (AvgIpc) is 2.79. The molecule has 0 aromatic heterocycles. The minimum absolute atomic E-state index is 0.125. The fourth-order valence-electron chi connectivity index (χ4n) is 3.66. The molecule has 0 amide bonds. The zero-order valence-corrected chi connectivity index (χ0v) is 16.0. The first kappa shape index (κ1) is 21.1. The summed E-state index contributed by atoms with van der Waals surface area (Å²) in [6, 6.07) is 0. The lowest BCUT2D eigenvalue weighted by Crippen LogP contribution is -2.40. The number of rotatable bonds is 3. The van der Waals surface area contributed by atoms with E-state index in [0.29, 0.717) is 11.1 Å². The third-order valence-corrected chi connectivity index (χ3v) is 4.95. The van der Waals surface area contributed by atoms with Crippen LogP contribution in [-0.4, -0.2) is 47.1 Å². The summed E-state index contributed by atoms with van der Waals surface area (Å²) in [5.41, 5.74) is -0.175. The number of carbonyl (C=O) groups is 3. The summed E-state index contributed by atoms with van der Waals surface area (Å²) in [4.78, 5) is 39.8. The SMILES string of the molecule is C=C1C(=O)O[C@H]2C[C@](C)(OO)C[C@@H](OC(C)=O)/C=C(/C)[C@@H](OC(C)=O)C[C@H]12. The fourth-order valence-corrected chi connectivity index (χ4v) is 3.66. The number of hydrogen-bond donors (Lipinski definition) is 1. The van der Waals surface area contributed by atoms with Gasteiger partial charge in [-0.3, -0.25) is 14.8 Å². The number of ether oxygens (including phenoxy) is 3. The van der Waals surface area contributed by atoms with Gasteiger partial charge >= 0.3 is 17.9 Å². The normalized spacial score (nSPS) is 36.1. The van der Waals surface area contributed by atoms with Crippen LogP contribution in [0.5, 0.6) is 0 Å². The second kappa shape index (κ2) is 8.22. The van der Waals surface area contributed by atoms with Crippen molar-refractivity contribution in [2.24, 2.45) is 5.92 Å². The Labute approximate surface area is 158 Å². The zero-order valence-electron chi connectivity index (χ0n) is 16.0. The minimum Gasteiger partial charge on any atom is -0.458 e. The highest BCUT2D eigenvalue weighted by Gasteiger charge is 2.46. The summed E-state index contributed by atoms with van der Waals surface area (Å²) in [5.74, 6) is -1.89. The largest absolute Gasteiger partial charge is 0.458 e. The average molecular weight is 382 g/mol. The molecule has 1 aliphatic carbocycles. The van der Waals surface area contributed by atoms with Gasteiger partial charge in [-0.2, -0.15) is 0 Å². The number of carbonyl (C=O) groups excluding carboxylic acids is 3. The van der Waals surface area contributed by atoms with E-state index in [-0.39, 0.29) is 19.3 Å². The van der Waals surface area contributed by atoms with E-state index in [4.69, 9.17) is 19.1 Å². The van der Waals surface area contributed by atoms with E-state index in [1.54, 1.807) is 19.9 Å². The first-order valence-electron chi connectivity index (χ1n) is 8.79. The standard InChI is InChI=1S/C19H26O8/c1-10-6-14(24-12(3)20)8-19(5,27-23)9-17-15(11(2)18(22)26-17)7-16(10)25-13(4)21/h6,14-17,23H,2,7-9H2,1,3-5H3/b10-6-/t14-,15+,16-,17-,19+/m0/s1. The van der Waals surface area contributed by atoms with Crippen molar-refractivity contribution in [2.45, 2.75) is 70.9 Å². The van der Waals surface area contributed by atoms with E-state index in [0.717, 1.165) is 0 Å². The lowest BCUT2D eigenvalue weighted by atomic mass is 9.80. The molecule has 0 saturated carbocycles. The predicted octanol–water partition coefficient (Wildman–Crippen LogP) is 2.33. The second-order valence-electron chi connectivity index (χ2n) is 7.42. The van der Waals surface area contributed by atoms with Crippen molar-refractivity contribution in [3.05, 3.63) is 23.8 Å². The van der Waals surface area contributed by atoms with Crippen molar-refractivity contribution in [1.82, 2.24) is 0 Å². The van der Waals surface area contributed by atoms with E-state index in [9.17, 15) is 19.6 Å². The van der Waals surface area contributed by atoms with Crippen LogP contribution in [-0.2, 0) is 33.5 Å². The highest BCUT2D eigenvalue weighted by molar-refractivity contribution is 5.90. The van der Waals surface area contributed by atoms with Crippen LogP contribution in [0.15, 0.2) is 23.8 Å². The van der Waals surface area contributed by atoms with Gasteiger partial charge in [0.2, 0.25) is 0 Å². The molecular weight excluding hydrogens is 356 g/mol. The molecule has 0 radical (unpaired) electrons. The van der Waals surface area contributed by atoms with Crippen molar-refractivity contribution >= 4 is 17.9 Å². The molecule has 1 saturated heterocycles. The smallest absolute Gasteiger partial charge is 0.334 e. The Bertz CT molecular complexity index is 667. The Balaban J connectivity index is 2.46. The third kappa shape index (κ3) is 5.17. The van der Waals surface area contributed by atoms with Crippen LogP contribution in [0.25, 0.3) is 0 Å². The van der Waals surface area contributed by atoms with Crippen molar-refractivity contribution in [3.63, 3.8) is 0 Å². The highest BCUT2D eigenvalue weighted by Crippen LogP contribution is 2.40. The molecule has 0 unspecified atom stereocenters. The Morgan fingerprint density at radius 3 is 2.44 bits per heavy atom. The molecule has 2 rings (SSSR count). The zero-order chi connectivity index (χ0) is 20.4. The maximum absolute atomic E-state index is 12.0. The van der Waals surface area contributed by atoms with Gasteiger partial charge in [-0.05, 0) is 31.9 Å². The summed E-state index contributed by atoms with van der Waals surface area (Å²) in [7, 11) is 0. The highest BCUT2D eigenvalue weighted by atomic mass is 17.1. The first-order chi connectivity index (χ1) is 12.5. The van der Waals surface area contributed by atoms with Crippen LogP contribution in [0, 0.1) is 5.92 Å². The van der Waals surface area contributed by atoms with Gasteiger partial charge in [0.15, 0.2) is 0 Å². The number of hydrogen-bond acceptors (Lipinski definition) is 8. The van der Waals surface area contributed by atoms with E-state index in [1.807, 2.05) is 0 Å². The summed E-state index contributed by atoms with van der Waals surface area (Å²) in [5, 5.41) is 9.48. The molecular formula is C19H26O8. The van der Waals surface area contributed by atoms with Crippen molar-refractivity contribution in [2.75, 3.05) is 0 Å². The molecule has 2 aliphatic rings. The Morgan fingerprint density at radius 1 is 1.26 bits per heavy atom. The Kier molecular flexibility index (Phi) is 6.43. The summed E-state index contributed by atoms with van der Waals surface area (Å²) < 4.78 is 16.2. The van der Waals surface area contributed by atoms with Crippen molar-refractivity contribution < 1.29 is 38.7 Å². The molecule has 0 bridgehead atoms. The quantitative estimate of drug-likeness (QED) is 0.198. The van der Waals surface area contributed by atoms with Gasteiger partial charge in [-0.1, -0.05) is 6.58 Å². The molecule has 0 spiro atoms. The molecule has 0 aromatic carbocycles. The van der Waals surface area contributed by atoms with E-state index >= 15 is 0 Å². The maximum Gasteiger partial charge on any atom is 0.334 e. The lowest BCUT2D eigenvalue weighted by molar-refractivity contribution is -0.328. The predicted molar refractivity (Wildman–Crippen MR) is 93.3 cm³/mol. The fraction of sp³-hybridized carbons (Fsp3) is 0.632. The van der Waals surface area contributed by atoms with Crippen LogP contribution >= 0.6 is 0 Å².